The molecular weight excluding hydrogens is 462 g/mol. The van der Waals surface area contributed by atoms with Gasteiger partial charge in [0.1, 0.15) is 18.1 Å². The third-order valence-corrected chi connectivity index (χ3v) is 5.93. The van der Waals surface area contributed by atoms with Crippen molar-refractivity contribution in [2.75, 3.05) is 11.9 Å². The molecule has 0 amide bonds. The molecule has 0 bridgehead atoms. The number of aryl methyl sites for hydroxylation is 2. The van der Waals surface area contributed by atoms with Crippen LogP contribution in [0.5, 0.6) is 0 Å². The fourth-order valence-corrected chi connectivity index (χ4v) is 4.24. The molecule has 9 heteroatoms. The molecule has 3 heterocycles. The highest BCUT2D eigenvalue weighted by atomic mass is 35.5. The van der Waals surface area contributed by atoms with Crippen LogP contribution in [0.2, 0.25) is 5.02 Å². The van der Waals surface area contributed by atoms with E-state index in [2.05, 4.69) is 26.5 Å². The van der Waals surface area contributed by atoms with E-state index >= 15 is 0 Å². The second-order valence-electron chi connectivity index (χ2n) is 8.18. The first kappa shape index (κ1) is 22.6. The van der Waals surface area contributed by atoms with Crippen LogP contribution in [0, 0.1) is 20.4 Å². The van der Waals surface area contributed by atoms with Crippen LogP contribution in [0.3, 0.4) is 0 Å². The Morgan fingerprint density at radius 2 is 2.00 bits per heavy atom. The van der Waals surface area contributed by atoms with Crippen LogP contribution < -0.4 is 5.32 Å². The lowest BCUT2D eigenvalue weighted by atomic mass is 10.0. The number of fused-ring (bicyclic) bond motifs is 1. The zero-order valence-electron chi connectivity index (χ0n) is 19.3. The van der Waals surface area contributed by atoms with Gasteiger partial charge in [0.25, 0.3) is 0 Å². The Bertz CT molecular complexity index is 1540. The molecule has 0 fully saturated rings. The van der Waals surface area contributed by atoms with E-state index in [0.29, 0.717) is 36.3 Å². The molecule has 35 heavy (non-hydrogen) atoms. The Balaban J connectivity index is 1.58. The van der Waals surface area contributed by atoms with Crippen LogP contribution in [-0.4, -0.2) is 31.4 Å². The van der Waals surface area contributed by atoms with E-state index in [1.807, 2.05) is 56.4 Å². The lowest BCUT2D eigenvalue weighted by Crippen LogP contribution is -2.04. The lowest BCUT2D eigenvalue weighted by Gasteiger charge is -2.12. The monoisotopic (exact) mass is 483 g/mol. The van der Waals surface area contributed by atoms with Crippen LogP contribution in [0.4, 0.5) is 5.82 Å². The normalized spacial score (nSPS) is 11.0. The number of nitrogens with one attached hydrogen (secondary N) is 1. The summed E-state index contributed by atoms with van der Waals surface area (Å²) in [4.78, 5) is 13.1. The summed E-state index contributed by atoms with van der Waals surface area (Å²) >= 11 is 6.18. The predicted molar refractivity (Wildman–Crippen MR) is 136 cm³/mol. The molecule has 0 aliphatic heterocycles. The number of benzene rings is 2. The molecule has 174 valence electrons. The second-order valence-corrected chi connectivity index (χ2v) is 8.62. The molecule has 0 spiro atoms. The first-order valence-corrected chi connectivity index (χ1v) is 11.5. The highest BCUT2D eigenvalue weighted by Crippen LogP contribution is 2.32. The van der Waals surface area contributed by atoms with Crippen molar-refractivity contribution >= 4 is 28.3 Å². The number of rotatable bonds is 7. The summed E-state index contributed by atoms with van der Waals surface area (Å²) in [5, 5.41) is 13.5. The molecule has 5 aromatic rings. The molecule has 0 atom stereocenters. The zero-order valence-corrected chi connectivity index (χ0v) is 20.0. The average molecular weight is 484 g/mol. The van der Waals surface area contributed by atoms with Crippen LogP contribution >= 0.6 is 11.6 Å². The van der Waals surface area contributed by atoms with Crippen molar-refractivity contribution in [3.63, 3.8) is 0 Å². The maximum atomic E-state index is 7.00. The first-order chi connectivity index (χ1) is 17.0. The maximum Gasteiger partial charge on any atom is 0.234 e. The third kappa shape index (κ3) is 4.72. The van der Waals surface area contributed by atoms with Crippen molar-refractivity contribution in [2.24, 2.45) is 0 Å². The Morgan fingerprint density at radius 1 is 1.11 bits per heavy atom. The summed E-state index contributed by atoms with van der Waals surface area (Å²) in [6.07, 6.45) is 3.59. The van der Waals surface area contributed by atoms with Gasteiger partial charge in [-0.1, -0.05) is 35.0 Å². The molecule has 0 aliphatic carbocycles. The Kier molecular flexibility index (Phi) is 6.17. The lowest BCUT2D eigenvalue weighted by molar-refractivity contribution is 0.393. The van der Waals surface area contributed by atoms with Crippen molar-refractivity contribution < 1.29 is 4.52 Å². The van der Waals surface area contributed by atoms with Gasteiger partial charge in [0.15, 0.2) is 5.82 Å². The van der Waals surface area contributed by atoms with Crippen LogP contribution in [0.25, 0.3) is 38.3 Å². The Labute approximate surface area is 207 Å². The van der Waals surface area contributed by atoms with E-state index in [1.165, 1.54) is 0 Å². The van der Waals surface area contributed by atoms with Crippen molar-refractivity contribution in [1.82, 2.24) is 24.9 Å². The van der Waals surface area contributed by atoms with Gasteiger partial charge >= 0.3 is 0 Å². The van der Waals surface area contributed by atoms with E-state index in [-0.39, 0.29) is 0 Å². The van der Waals surface area contributed by atoms with Crippen molar-refractivity contribution in [3.8, 4) is 22.5 Å². The summed E-state index contributed by atoms with van der Waals surface area (Å²) in [5.41, 5.74) is 5.42. The summed E-state index contributed by atoms with van der Waals surface area (Å²) in [6, 6.07) is 13.8. The highest BCUT2D eigenvalue weighted by molar-refractivity contribution is 6.30. The highest BCUT2D eigenvalue weighted by Gasteiger charge is 2.16. The molecule has 3 aromatic heterocycles. The molecule has 0 radical (unpaired) electrons. The number of anilines is 1. The Morgan fingerprint density at radius 3 is 2.77 bits per heavy atom. The quantitative estimate of drug-likeness (QED) is 0.288. The van der Waals surface area contributed by atoms with E-state index in [1.54, 1.807) is 10.9 Å². The van der Waals surface area contributed by atoms with Gasteiger partial charge in [0.05, 0.1) is 23.0 Å². The number of hydrogen-bond donors (Lipinski definition) is 1. The topological polar surface area (TPSA) is 86.0 Å². The minimum absolute atomic E-state index is 0.372. The van der Waals surface area contributed by atoms with Crippen LogP contribution in [0.1, 0.15) is 17.0 Å². The molecule has 0 unspecified atom stereocenters. The number of halogens is 1. The van der Waals surface area contributed by atoms with Crippen molar-refractivity contribution in [2.45, 2.75) is 26.9 Å². The van der Waals surface area contributed by atoms with Gasteiger partial charge in [-0.2, -0.15) is 5.10 Å². The molecule has 0 aliphatic rings. The van der Waals surface area contributed by atoms with E-state index < -0.39 is 0 Å². The smallest absolute Gasteiger partial charge is 0.234 e. The minimum atomic E-state index is 0.372. The zero-order chi connectivity index (χ0) is 24.4. The van der Waals surface area contributed by atoms with Gasteiger partial charge < -0.3 is 14.7 Å². The summed E-state index contributed by atoms with van der Waals surface area (Å²) in [7, 11) is 0. The standard InChI is InChI=1S/C26H22ClN7O/c1-16-24(17(2)35-33-16)19-7-8-23-22(12-19)26(29-13-18-5-4-6-21(27)11-18)32-25(31-23)20-14-30-34(15-20)10-9-28-3/h4-8,11-12,14-15H,9-10,13H2,1-2H3,(H,29,31,32). The Hall–Kier alpha value is -4.22. The van der Waals surface area contributed by atoms with Crippen molar-refractivity contribution in [1.29, 1.82) is 0 Å². The molecule has 1 N–H and O–H groups in total. The predicted octanol–water partition coefficient (Wildman–Crippen LogP) is 5.95. The minimum Gasteiger partial charge on any atom is -0.365 e. The van der Waals surface area contributed by atoms with E-state index in [4.69, 9.17) is 32.7 Å². The fraction of sp³-hybridized carbons (Fsp3) is 0.192. The largest absolute Gasteiger partial charge is 0.365 e. The molecule has 0 saturated heterocycles. The van der Waals surface area contributed by atoms with Gasteiger partial charge in [-0.25, -0.2) is 16.5 Å². The maximum absolute atomic E-state index is 7.00. The van der Waals surface area contributed by atoms with E-state index in [0.717, 1.165) is 44.6 Å². The fourth-order valence-electron chi connectivity index (χ4n) is 4.03. The first-order valence-electron chi connectivity index (χ1n) is 11.1. The third-order valence-electron chi connectivity index (χ3n) is 5.70. The van der Waals surface area contributed by atoms with Gasteiger partial charge in [-0.3, -0.25) is 4.68 Å². The van der Waals surface area contributed by atoms with Gasteiger partial charge in [-0.15, -0.1) is 0 Å². The molecule has 5 rings (SSSR count). The molecule has 2 aromatic carbocycles. The molecule has 0 saturated carbocycles. The summed E-state index contributed by atoms with van der Waals surface area (Å²) in [6.45, 7) is 12.3. The van der Waals surface area contributed by atoms with Gasteiger partial charge in [0.2, 0.25) is 6.54 Å². The summed E-state index contributed by atoms with van der Waals surface area (Å²) < 4.78 is 7.12. The van der Waals surface area contributed by atoms with Crippen molar-refractivity contribution in [3.05, 3.63) is 88.3 Å². The van der Waals surface area contributed by atoms with Gasteiger partial charge in [-0.05, 0) is 49.2 Å². The summed E-state index contributed by atoms with van der Waals surface area (Å²) in [5.74, 6) is 2.03. The SMILES string of the molecule is [C-]#[N+]CCn1cc(-c2nc(NCc3cccc(Cl)c3)c3cc(-c4c(C)noc4C)ccc3n2)cn1. The molecule has 8 nitrogen and oxygen atoms in total. The number of aromatic nitrogens is 5. The number of nitrogens with zero attached hydrogens (tertiary/aromatic N) is 6. The van der Waals surface area contributed by atoms with Crippen LogP contribution in [-0.2, 0) is 13.1 Å². The number of hydrogen-bond acceptors (Lipinski definition) is 6. The second kappa shape index (κ2) is 9.57. The van der Waals surface area contributed by atoms with E-state index in [9.17, 15) is 0 Å². The average Bonchev–Trinajstić information content (AvgIpc) is 3.47. The van der Waals surface area contributed by atoms with Crippen LogP contribution in [0.15, 0.2) is 59.4 Å². The molecular formula is C26H22ClN7O. The van der Waals surface area contributed by atoms with Gasteiger partial charge in [0, 0.05) is 28.7 Å².